The second-order valence-corrected chi connectivity index (χ2v) is 21.7. The average molecular weight is 818 g/mol. The molecule has 59 heavy (non-hydrogen) atoms. The monoisotopic (exact) mass is 818 g/mol. The maximum Gasteiger partial charge on any atom is 0.309 e. The Labute approximate surface area is 350 Å². The molecular weight excluding hydrogens is 750 g/mol. The van der Waals surface area contributed by atoms with Gasteiger partial charge in [0.15, 0.2) is 17.4 Å². The van der Waals surface area contributed by atoms with Gasteiger partial charge in [0, 0.05) is 30.3 Å². The van der Waals surface area contributed by atoms with Crippen LogP contribution < -0.4 is 0 Å². The normalized spacial score (nSPS) is 34.6. The highest BCUT2D eigenvalue weighted by molar-refractivity contribution is 6.00. The van der Waals surface area contributed by atoms with E-state index in [-0.39, 0.29) is 58.2 Å². The zero-order valence-electron chi connectivity index (χ0n) is 37.3. The van der Waals surface area contributed by atoms with Gasteiger partial charge in [-0.05, 0) is 143 Å². The fourth-order valence-electron chi connectivity index (χ4n) is 13.8. The van der Waals surface area contributed by atoms with Crippen LogP contribution in [0.25, 0.3) is 11.5 Å². The minimum atomic E-state index is -1.19. The standard InChI is InChI=1S/C47H68FN5O6/c1-27(2)36-31(54)24-47(38(56)40-51-50-39(53(40)23-22-52(10)11)30-14-12-28(48)26-49-30)21-20-45(8)29(37(36)47)13-15-33-44(7)18-17-34(59-35(55)25-42(3,4)41(57)58)43(5,6)32(44)16-19-46(33,45)9/h12,14,26-27,29,32-34,38,56H,13,15-25H2,1-11H3,(H,57,58)/t29-,32+,33-,34+,38-,44+,45-,46-,47-/m1/s1. The van der Waals surface area contributed by atoms with Crippen molar-refractivity contribution in [2.24, 2.45) is 56.2 Å². The number of aliphatic carboxylic acids is 1. The third kappa shape index (κ3) is 6.72. The third-order valence-corrected chi connectivity index (χ3v) is 17.1. The summed E-state index contributed by atoms with van der Waals surface area (Å²) in [4.78, 5) is 45.8. The predicted molar refractivity (Wildman–Crippen MR) is 222 cm³/mol. The number of ether oxygens (including phenoxy) is 1. The Morgan fingerprint density at radius 2 is 1.69 bits per heavy atom. The van der Waals surface area contributed by atoms with Crippen LogP contribution in [0.1, 0.15) is 138 Å². The van der Waals surface area contributed by atoms with Gasteiger partial charge in [0.1, 0.15) is 23.7 Å². The molecule has 4 fully saturated rings. The number of pyridine rings is 1. The van der Waals surface area contributed by atoms with Gasteiger partial charge in [0.25, 0.3) is 0 Å². The summed E-state index contributed by atoms with van der Waals surface area (Å²) in [6, 6.07) is 2.94. The number of hydrogen-bond donors (Lipinski definition) is 2. The number of ketones is 1. The van der Waals surface area contributed by atoms with E-state index in [1.165, 1.54) is 12.3 Å². The highest BCUT2D eigenvalue weighted by Gasteiger charge is 2.71. The first-order chi connectivity index (χ1) is 27.4. The number of rotatable bonds is 11. The molecule has 7 rings (SSSR count). The van der Waals surface area contributed by atoms with E-state index in [0.29, 0.717) is 48.7 Å². The molecule has 2 aromatic rings. The first-order valence-electron chi connectivity index (χ1n) is 22.0. The van der Waals surface area contributed by atoms with Crippen LogP contribution in [-0.4, -0.2) is 79.3 Å². The lowest BCUT2D eigenvalue weighted by Gasteiger charge is -2.72. The number of aliphatic hydroxyl groups excluding tert-OH is 1. The number of esters is 1. The summed E-state index contributed by atoms with van der Waals surface area (Å²) in [6.07, 6.45) is 7.01. The summed E-state index contributed by atoms with van der Waals surface area (Å²) in [5, 5.41) is 31.8. The summed E-state index contributed by atoms with van der Waals surface area (Å²) in [6.45, 7) is 20.5. The van der Waals surface area contributed by atoms with E-state index in [1.54, 1.807) is 19.9 Å². The van der Waals surface area contributed by atoms with E-state index < -0.39 is 34.7 Å². The van der Waals surface area contributed by atoms with Crippen LogP contribution in [-0.2, 0) is 25.7 Å². The number of carboxylic acids is 1. The molecule has 2 N–H and O–H groups in total. The maximum absolute atomic E-state index is 14.4. The minimum Gasteiger partial charge on any atom is -0.481 e. The zero-order chi connectivity index (χ0) is 43.2. The Bertz CT molecular complexity index is 2020. The molecule has 5 aliphatic rings. The highest BCUT2D eigenvalue weighted by Crippen LogP contribution is 2.77. The third-order valence-electron chi connectivity index (χ3n) is 17.1. The number of allylic oxidation sites excluding steroid dienone is 1. The average Bonchev–Trinajstić information content (AvgIpc) is 3.70. The number of carbonyl (C=O) groups excluding carboxylic acids is 2. The Morgan fingerprint density at radius 3 is 2.32 bits per heavy atom. The van der Waals surface area contributed by atoms with Gasteiger partial charge in [-0.1, -0.05) is 48.5 Å². The molecule has 0 bridgehead atoms. The van der Waals surface area contributed by atoms with E-state index in [9.17, 15) is 29.0 Å². The number of carbonyl (C=O) groups is 3. The number of halogens is 1. The first kappa shape index (κ1) is 43.6. The van der Waals surface area contributed by atoms with E-state index in [4.69, 9.17) is 4.74 Å². The molecule has 11 nitrogen and oxygen atoms in total. The summed E-state index contributed by atoms with van der Waals surface area (Å²) in [7, 11) is 3.97. The number of nitrogens with zero attached hydrogens (tertiary/aromatic N) is 5. The summed E-state index contributed by atoms with van der Waals surface area (Å²) in [5.74, 6) is -0.0540. The molecule has 9 atom stereocenters. The molecule has 4 saturated carbocycles. The lowest BCUT2D eigenvalue weighted by Crippen LogP contribution is -2.66. The van der Waals surface area contributed by atoms with Gasteiger partial charge < -0.3 is 24.4 Å². The van der Waals surface area contributed by atoms with Crippen molar-refractivity contribution >= 4 is 17.7 Å². The summed E-state index contributed by atoms with van der Waals surface area (Å²) >= 11 is 0. The van der Waals surface area contributed by atoms with Gasteiger partial charge in [-0.25, -0.2) is 9.37 Å². The van der Waals surface area contributed by atoms with Gasteiger partial charge >= 0.3 is 11.9 Å². The second kappa shape index (κ2) is 14.8. The molecule has 324 valence electrons. The second-order valence-electron chi connectivity index (χ2n) is 21.7. The van der Waals surface area contributed by atoms with Crippen molar-refractivity contribution < 1.29 is 33.7 Å². The first-order valence-corrected chi connectivity index (χ1v) is 22.0. The van der Waals surface area contributed by atoms with Gasteiger partial charge in [-0.15, -0.1) is 10.2 Å². The number of carboxylic acid groups (broad SMARTS) is 1. The van der Waals surface area contributed by atoms with Gasteiger partial charge in [-0.3, -0.25) is 14.4 Å². The Morgan fingerprint density at radius 1 is 0.983 bits per heavy atom. The molecule has 0 amide bonds. The van der Waals surface area contributed by atoms with Crippen LogP contribution in [0.3, 0.4) is 0 Å². The van der Waals surface area contributed by atoms with Crippen LogP contribution >= 0.6 is 0 Å². The Hall–Kier alpha value is -3.51. The highest BCUT2D eigenvalue weighted by atomic mass is 19.1. The van der Waals surface area contributed by atoms with Crippen molar-refractivity contribution in [3.8, 4) is 11.5 Å². The largest absolute Gasteiger partial charge is 0.481 e. The van der Waals surface area contributed by atoms with Crippen LogP contribution in [0.4, 0.5) is 4.39 Å². The van der Waals surface area contributed by atoms with E-state index in [0.717, 1.165) is 56.1 Å². The number of aromatic nitrogens is 4. The van der Waals surface area contributed by atoms with Crippen molar-refractivity contribution in [3.05, 3.63) is 41.1 Å². The molecule has 2 heterocycles. The van der Waals surface area contributed by atoms with E-state index in [2.05, 4.69) is 68.5 Å². The molecule has 5 aliphatic carbocycles. The molecule has 12 heteroatoms. The minimum absolute atomic E-state index is 0.00171. The van der Waals surface area contributed by atoms with Crippen molar-refractivity contribution in [1.29, 1.82) is 0 Å². The topological polar surface area (TPSA) is 148 Å². The zero-order valence-corrected chi connectivity index (χ0v) is 37.3. The molecule has 2 aromatic heterocycles. The summed E-state index contributed by atoms with van der Waals surface area (Å²) < 4.78 is 22.1. The fraction of sp³-hybridized carbons (Fsp3) is 0.745. The number of aliphatic hydroxyl groups is 1. The molecule has 0 spiro atoms. The van der Waals surface area contributed by atoms with Gasteiger partial charge in [0.2, 0.25) is 0 Å². The number of hydrogen-bond acceptors (Lipinski definition) is 9. The maximum atomic E-state index is 14.4. The Balaban J connectivity index is 1.23. The molecule has 0 aliphatic heterocycles. The number of fused-ring (bicyclic) bond motifs is 7. The molecule has 0 radical (unpaired) electrons. The quantitative estimate of drug-likeness (QED) is 0.212. The van der Waals surface area contributed by atoms with Gasteiger partial charge in [0.05, 0.1) is 18.0 Å². The molecule has 0 unspecified atom stereocenters. The van der Waals surface area contributed by atoms with Crippen molar-refractivity contribution in [2.75, 3.05) is 20.6 Å². The fourth-order valence-corrected chi connectivity index (χ4v) is 13.8. The van der Waals surface area contributed by atoms with Gasteiger partial charge in [-0.2, -0.15) is 0 Å². The predicted octanol–water partition coefficient (Wildman–Crippen LogP) is 8.47. The smallest absolute Gasteiger partial charge is 0.309 e. The SMILES string of the molecule is CC(C)C1=C2[C@H]3CC[C@@H]4[C@@]5(C)CC[C@H](OC(=O)CC(C)(C)C(=O)O)C(C)(C)[C@@H]5CC[C@@]4(C)[C@]3(C)CC[C@@]2([C@H](O)c2nnc(-c3ccc(F)cn3)n2CCN(C)C)CC1=O. The Kier molecular flexibility index (Phi) is 11.0. The molecular formula is C47H68FN5O6. The van der Waals surface area contributed by atoms with E-state index in [1.807, 2.05) is 18.7 Å². The summed E-state index contributed by atoms with van der Waals surface area (Å²) in [5.41, 5.74) is 0.0159. The van der Waals surface area contributed by atoms with Crippen LogP contribution in [0.5, 0.6) is 0 Å². The lowest BCUT2D eigenvalue weighted by molar-refractivity contribution is -0.235. The molecule has 0 saturated heterocycles. The molecule has 0 aromatic carbocycles. The van der Waals surface area contributed by atoms with E-state index >= 15 is 0 Å². The van der Waals surface area contributed by atoms with Crippen LogP contribution in [0, 0.1) is 62.0 Å². The van der Waals surface area contributed by atoms with Crippen molar-refractivity contribution in [3.63, 3.8) is 0 Å². The van der Waals surface area contributed by atoms with Crippen LogP contribution in [0.2, 0.25) is 0 Å². The van der Waals surface area contributed by atoms with Crippen molar-refractivity contribution in [2.45, 2.75) is 145 Å². The lowest BCUT2D eigenvalue weighted by atomic mass is 9.33. The van der Waals surface area contributed by atoms with Crippen molar-refractivity contribution in [1.82, 2.24) is 24.6 Å². The number of likely N-dealkylation sites (N-methyl/N-ethyl adjacent to an activating group) is 1. The van der Waals surface area contributed by atoms with Crippen LogP contribution in [0.15, 0.2) is 29.5 Å². The number of Topliss-reactive ketones (excluding diaryl/α,β-unsaturated/α-hetero) is 1.